The third-order valence-electron chi connectivity index (χ3n) is 2.42. The number of halogens is 2. The molecule has 0 spiro atoms. The molecule has 19 heavy (non-hydrogen) atoms. The van der Waals surface area contributed by atoms with Crippen molar-refractivity contribution in [3.63, 3.8) is 0 Å². The van der Waals surface area contributed by atoms with Gasteiger partial charge >= 0.3 is 12.0 Å². The summed E-state index contributed by atoms with van der Waals surface area (Å²) in [5, 5.41) is 13.1. The summed E-state index contributed by atoms with van der Waals surface area (Å²) in [5.41, 5.74) is -0.356. The van der Waals surface area contributed by atoms with Crippen LogP contribution < -0.4 is 10.6 Å². The largest absolute Gasteiger partial charge is 0.480 e. The lowest BCUT2D eigenvalue weighted by molar-refractivity contribution is -0.140. The minimum Gasteiger partial charge on any atom is -0.480 e. The number of carboxylic acids is 1. The van der Waals surface area contributed by atoms with Crippen LogP contribution in [0.4, 0.5) is 19.3 Å². The number of hydrogen-bond acceptors (Lipinski definition) is 2. The second-order valence-electron chi connectivity index (χ2n) is 4.26. The lowest BCUT2D eigenvalue weighted by Crippen LogP contribution is -2.46. The van der Waals surface area contributed by atoms with Crippen molar-refractivity contribution in [2.75, 3.05) is 5.32 Å². The topological polar surface area (TPSA) is 78.4 Å². The highest BCUT2D eigenvalue weighted by atomic mass is 19.2. The SMILES string of the molecule is CC(C)C(NC(=O)Nc1cccc(F)c1F)C(=O)O. The van der Waals surface area contributed by atoms with Gasteiger partial charge in [-0.05, 0) is 18.1 Å². The number of amides is 2. The summed E-state index contributed by atoms with van der Waals surface area (Å²) in [6.07, 6.45) is 0. The summed E-state index contributed by atoms with van der Waals surface area (Å²) < 4.78 is 26.2. The van der Waals surface area contributed by atoms with Crippen molar-refractivity contribution in [2.45, 2.75) is 19.9 Å². The molecule has 1 aromatic rings. The maximum Gasteiger partial charge on any atom is 0.326 e. The molecule has 0 saturated carbocycles. The number of aliphatic carboxylic acids is 1. The molecule has 0 aliphatic heterocycles. The number of hydrogen-bond donors (Lipinski definition) is 3. The maximum absolute atomic E-state index is 13.3. The zero-order chi connectivity index (χ0) is 14.6. The first kappa shape index (κ1) is 14.9. The number of anilines is 1. The molecule has 0 radical (unpaired) electrons. The predicted molar refractivity (Wildman–Crippen MR) is 64.8 cm³/mol. The van der Waals surface area contributed by atoms with Crippen LogP contribution in [0.5, 0.6) is 0 Å². The van der Waals surface area contributed by atoms with E-state index in [1.807, 2.05) is 0 Å². The molecule has 104 valence electrons. The third kappa shape index (κ3) is 3.90. The van der Waals surface area contributed by atoms with E-state index in [1.165, 1.54) is 12.1 Å². The Hall–Kier alpha value is -2.18. The molecule has 1 atom stereocenters. The number of carboxylic acid groups (broad SMARTS) is 1. The van der Waals surface area contributed by atoms with Crippen molar-refractivity contribution in [2.24, 2.45) is 5.92 Å². The van der Waals surface area contributed by atoms with Crippen molar-refractivity contribution in [3.05, 3.63) is 29.8 Å². The second-order valence-corrected chi connectivity index (χ2v) is 4.26. The molecule has 5 nitrogen and oxygen atoms in total. The van der Waals surface area contributed by atoms with Crippen LogP contribution in [0.25, 0.3) is 0 Å². The third-order valence-corrected chi connectivity index (χ3v) is 2.42. The normalized spacial score (nSPS) is 12.1. The van der Waals surface area contributed by atoms with Gasteiger partial charge in [-0.15, -0.1) is 0 Å². The Labute approximate surface area is 108 Å². The molecule has 0 saturated heterocycles. The maximum atomic E-state index is 13.3. The van der Waals surface area contributed by atoms with Crippen molar-refractivity contribution < 1.29 is 23.5 Å². The van der Waals surface area contributed by atoms with Crippen molar-refractivity contribution >= 4 is 17.7 Å². The van der Waals surface area contributed by atoms with Crippen LogP contribution in [0, 0.1) is 17.6 Å². The van der Waals surface area contributed by atoms with Crippen molar-refractivity contribution in [1.29, 1.82) is 0 Å². The van der Waals surface area contributed by atoms with Crippen LogP contribution in [0.1, 0.15) is 13.8 Å². The summed E-state index contributed by atoms with van der Waals surface area (Å²) in [6, 6.07) is 1.28. The fraction of sp³-hybridized carbons (Fsp3) is 0.333. The highest BCUT2D eigenvalue weighted by Crippen LogP contribution is 2.16. The van der Waals surface area contributed by atoms with Crippen LogP contribution in [0.2, 0.25) is 0 Å². The zero-order valence-electron chi connectivity index (χ0n) is 10.4. The number of benzene rings is 1. The van der Waals surface area contributed by atoms with Gasteiger partial charge in [0.2, 0.25) is 0 Å². The molecule has 0 bridgehead atoms. The zero-order valence-corrected chi connectivity index (χ0v) is 10.4. The van der Waals surface area contributed by atoms with E-state index in [4.69, 9.17) is 5.11 Å². The van der Waals surface area contributed by atoms with Gasteiger partial charge in [0.1, 0.15) is 6.04 Å². The quantitative estimate of drug-likeness (QED) is 0.786. The molecule has 1 rings (SSSR count). The van der Waals surface area contributed by atoms with Gasteiger partial charge in [-0.1, -0.05) is 19.9 Å². The molecule has 1 aromatic carbocycles. The van der Waals surface area contributed by atoms with Crippen molar-refractivity contribution in [3.8, 4) is 0 Å². The molecule has 1 unspecified atom stereocenters. The van der Waals surface area contributed by atoms with E-state index in [-0.39, 0.29) is 11.6 Å². The van der Waals surface area contributed by atoms with Crippen LogP contribution in [0.3, 0.4) is 0 Å². The van der Waals surface area contributed by atoms with Crippen LogP contribution in [0.15, 0.2) is 18.2 Å². The van der Waals surface area contributed by atoms with Gasteiger partial charge in [-0.2, -0.15) is 0 Å². The van der Waals surface area contributed by atoms with E-state index in [0.717, 1.165) is 6.07 Å². The van der Waals surface area contributed by atoms with Gasteiger partial charge in [0.15, 0.2) is 11.6 Å². The second kappa shape index (κ2) is 6.12. The van der Waals surface area contributed by atoms with Crippen LogP contribution >= 0.6 is 0 Å². The Morgan fingerprint density at radius 1 is 1.26 bits per heavy atom. The van der Waals surface area contributed by atoms with Gasteiger partial charge in [0, 0.05) is 0 Å². The lowest BCUT2D eigenvalue weighted by Gasteiger charge is -2.18. The number of nitrogens with one attached hydrogen (secondary N) is 2. The molecule has 0 aliphatic rings. The number of rotatable bonds is 4. The summed E-state index contributed by atoms with van der Waals surface area (Å²) in [4.78, 5) is 22.4. The minimum atomic E-state index is -1.20. The predicted octanol–water partition coefficient (Wildman–Crippen LogP) is 2.20. The standard InChI is InChI=1S/C12H14F2N2O3/c1-6(2)10(11(17)18)16-12(19)15-8-5-3-4-7(13)9(8)14/h3-6,10H,1-2H3,(H,17,18)(H2,15,16,19). The smallest absolute Gasteiger partial charge is 0.326 e. The average Bonchev–Trinajstić information content (AvgIpc) is 2.31. The molecule has 3 N–H and O–H groups in total. The Kier molecular flexibility index (Phi) is 4.80. The Morgan fingerprint density at radius 2 is 1.89 bits per heavy atom. The number of carbonyl (C=O) groups is 2. The summed E-state index contributed by atoms with van der Waals surface area (Å²) in [6.45, 7) is 3.23. The average molecular weight is 272 g/mol. The van der Waals surface area contributed by atoms with Gasteiger partial charge < -0.3 is 15.7 Å². The van der Waals surface area contributed by atoms with Gasteiger partial charge in [-0.3, -0.25) is 0 Å². The Balaban J connectivity index is 2.75. The highest BCUT2D eigenvalue weighted by molar-refractivity contribution is 5.92. The molecule has 0 aliphatic carbocycles. The fourth-order valence-corrected chi connectivity index (χ4v) is 1.41. The van der Waals surface area contributed by atoms with Crippen LogP contribution in [-0.2, 0) is 4.79 Å². The molecule has 7 heteroatoms. The van der Waals surface area contributed by atoms with E-state index >= 15 is 0 Å². The first-order valence-corrected chi connectivity index (χ1v) is 5.57. The molecule has 0 aromatic heterocycles. The van der Waals surface area contributed by atoms with E-state index in [0.29, 0.717) is 0 Å². The molecule has 2 amide bonds. The van der Waals surface area contributed by atoms with E-state index in [9.17, 15) is 18.4 Å². The molecular formula is C12H14F2N2O3. The van der Waals surface area contributed by atoms with Crippen molar-refractivity contribution in [1.82, 2.24) is 5.32 Å². The van der Waals surface area contributed by atoms with Gasteiger partial charge in [-0.25, -0.2) is 18.4 Å². The summed E-state index contributed by atoms with van der Waals surface area (Å²) in [7, 11) is 0. The number of urea groups is 1. The number of carbonyl (C=O) groups excluding carboxylic acids is 1. The molecule has 0 fully saturated rings. The summed E-state index contributed by atoms with van der Waals surface area (Å²) >= 11 is 0. The molecular weight excluding hydrogens is 258 g/mol. The van der Waals surface area contributed by atoms with E-state index in [2.05, 4.69) is 10.6 Å². The first-order valence-electron chi connectivity index (χ1n) is 5.57. The lowest BCUT2D eigenvalue weighted by atomic mass is 10.1. The molecule has 0 heterocycles. The summed E-state index contributed by atoms with van der Waals surface area (Å²) in [5.74, 6) is -3.85. The fourth-order valence-electron chi connectivity index (χ4n) is 1.41. The van der Waals surface area contributed by atoms with E-state index in [1.54, 1.807) is 13.8 Å². The minimum absolute atomic E-state index is 0.347. The first-order chi connectivity index (χ1) is 8.82. The van der Waals surface area contributed by atoms with Gasteiger partial charge in [0.25, 0.3) is 0 Å². The monoisotopic (exact) mass is 272 g/mol. The van der Waals surface area contributed by atoms with Gasteiger partial charge in [0.05, 0.1) is 5.69 Å². The van der Waals surface area contributed by atoms with E-state index < -0.39 is 29.7 Å². The van der Waals surface area contributed by atoms with Crippen LogP contribution in [-0.4, -0.2) is 23.1 Å². The Morgan fingerprint density at radius 3 is 2.42 bits per heavy atom. The highest BCUT2D eigenvalue weighted by Gasteiger charge is 2.23. The Bertz CT molecular complexity index is 492.